The summed E-state index contributed by atoms with van der Waals surface area (Å²) >= 11 is 3.44. The summed E-state index contributed by atoms with van der Waals surface area (Å²) in [5.41, 5.74) is 6.59. The minimum Gasteiger partial charge on any atom is -0.330 e. The molecule has 21 heavy (non-hydrogen) atoms. The number of aromatic nitrogens is 2. The number of anilines is 1. The molecule has 1 heterocycles. The van der Waals surface area contributed by atoms with E-state index in [1.54, 1.807) is 23.9 Å². The second kappa shape index (κ2) is 8.17. The molecule has 0 radical (unpaired) electrons. The van der Waals surface area contributed by atoms with Gasteiger partial charge in [0.05, 0.1) is 12.7 Å². The van der Waals surface area contributed by atoms with Crippen molar-refractivity contribution >= 4 is 40.1 Å². The maximum atomic E-state index is 11.9. The van der Waals surface area contributed by atoms with Gasteiger partial charge in [0, 0.05) is 23.0 Å². The van der Waals surface area contributed by atoms with E-state index >= 15 is 0 Å². The molecule has 2 rings (SSSR count). The highest BCUT2D eigenvalue weighted by molar-refractivity contribution is 9.10. The van der Waals surface area contributed by atoms with Crippen molar-refractivity contribution in [1.82, 2.24) is 9.78 Å². The number of hydrogen-bond acceptors (Lipinski definition) is 3. The first kappa shape index (κ1) is 17.7. The lowest BCUT2D eigenvalue weighted by atomic mass is 10.2. The monoisotopic (exact) mass is 372 g/mol. The number of hydrogen-bond donors (Lipinski definition) is 2. The first-order valence-corrected chi connectivity index (χ1v) is 7.16. The van der Waals surface area contributed by atoms with Crippen LogP contribution in [0.4, 0.5) is 5.82 Å². The van der Waals surface area contributed by atoms with Gasteiger partial charge >= 0.3 is 0 Å². The molecule has 0 aliphatic carbocycles. The lowest BCUT2D eigenvalue weighted by molar-refractivity contribution is -0.119. The Labute approximate surface area is 138 Å². The summed E-state index contributed by atoms with van der Waals surface area (Å²) in [5, 5.41) is 7.08. The molecule has 1 amide bonds. The third kappa shape index (κ3) is 4.84. The van der Waals surface area contributed by atoms with Gasteiger partial charge in [-0.25, -0.2) is 4.68 Å². The van der Waals surface area contributed by atoms with Gasteiger partial charge < -0.3 is 11.1 Å². The zero-order valence-electron chi connectivity index (χ0n) is 11.6. The Morgan fingerprint density at radius 3 is 2.90 bits per heavy atom. The predicted octanol–water partition coefficient (Wildman–Crippen LogP) is 2.65. The highest BCUT2D eigenvalue weighted by atomic mass is 79.9. The summed E-state index contributed by atoms with van der Waals surface area (Å²) in [5.74, 6) is 0.364. The van der Waals surface area contributed by atoms with Crippen LogP contribution in [-0.4, -0.2) is 22.2 Å². The fourth-order valence-corrected chi connectivity index (χ4v) is 2.18. The van der Waals surface area contributed by atoms with Crippen LogP contribution in [0, 0.1) is 5.92 Å². The van der Waals surface area contributed by atoms with Gasteiger partial charge in [-0.05, 0) is 17.7 Å². The first-order chi connectivity index (χ1) is 9.60. The maximum absolute atomic E-state index is 11.9. The SMILES string of the molecule is CC(CN)C(=O)Nc1ccnn1Cc1cccc(Br)c1.Cl. The van der Waals surface area contributed by atoms with Crippen LogP contribution in [0.25, 0.3) is 0 Å². The van der Waals surface area contributed by atoms with Crippen LogP contribution in [0.2, 0.25) is 0 Å². The largest absolute Gasteiger partial charge is 0.330 e. The molecule has 1 atom stereocenters. The molecule has 0 fully saturated rings. The van der Waals surface area contributed by atoms with E-state index in [0.717, 1.165) is 10.0 Å². The summed E-state index contributed by atoms with van der Waals surface area (Å²) in [6, 6.07) is 9.76. The molecule has 114 valence electrons. The van der Waals surface area contributed by atoms with Crippen molar-refractivity contribution in [3.05, 3.63) is 46.6 Å². The summed E-state index contributed by atoms with van der Waals surface area (Å²) in [6.45, 7) is 2.72. The van der Waals surface area contributed by atoms with E-state index in [4.69, 9.17) is 5.73 Å². The van der Waals surface area contributed by atoms with E-state index in [-0.39, 0.29) is 24.2 Å². The Bertz CT molecular complexity index is 602. The summed E-state index contributed by atoms with van der Waals surface area (Å²) < 4.78 is 2.77. The van der Waals surface area contributed by atoms with Crippen LogP contribution in [0.3, 0.4) is 0 Å². The number of carbonyl (C=O) groups is 1. The lowest BCUT2D eigenvalue weighted by Crippen LogP contribution is -2.27. The molecule has 0 saturated heterocycles. The molecule has 1 unspecified atom stereocenters. The van der Waals surface area contributed by atoms with Crippen molar-refractivity contribution in [2.45, 2.75) is 13.5 Å². The Hall–Kier alpha value is -1.37. The van der Waals surface area contributed by atoms with Gasteiger partial charge in [-0.2, -0.15) is 5.10 Å². The molecule has 5 nitrogen and oxygen atoms in total. The standard InChI is InChI=1S/C14H17BrN4O.ClH/c1-10(8-16)14(20)18-13-5-6-17-19(13)9-11-3-2-4-12(15)7-11;/h2-7,10H,8-9,16H2,1H3,(H,18,20);1H. The van der Waals surface area contributed by atoms with E-state index in [1.807, 2.05) is 24.3 Å². The van der Waals surface area contributed by atoms with Crippen molar-refractivity contribution in [3.63, 3.8) is 0 Å². The third-order valence-electron chi connectivity index (χ3n) is 2.99. The highest BCUT2D eigenvalue weighted by Gasteiger charge is 2.13. The zero-order valence-corrected chi connectivity index (χ0v) is 14.0. The molecule has 0 aliphatic rings. The first-order valence-electron chi connectivity index (χ1n) is 6.37. The second-order valence-electron chi connectivity index (χ2n) is 4.63. The molecule has 0 spiro atoms. The van der Waals surface area contributed by atoms with Gasteiger partial charge in [0.1, 0.15) is 5.82 Å². The van der Waals surface area contributed by atoms with Gasteiger partial charge in [0.2, 0.25) is 5.91 Å². The molecule has 2 aromatic rings. The van der Waals surface area contributed by atoms with Crippen molar-refractivity contribution < 1.29 is 4.79 Å². The maximum Gasteiger partial charge on any atom is 0.229 e. The van der Waals surface area contributed by atoms with Crippen molar-refractivity contribution in [2.24, 2.45) is 11.7 Å². The number of rotatable bonds is 5. The molecule has 0 aliphatic heterocycles. The lowest BCUT2D eigenvalue weighted by Gasteiger charge is -2.12. The summed E-state index contributed by atoms with van der Waals surface area (Å²) in [7, 11) is 0. The Kier molecular flexibility index (Phi) is 6.87. The fourth-order valence-electron chi connectivity index (χ4n) is 1.73. The average Bonchev–Trinajstić information content (AvgIpc) is 2.85. The predicted molar refractivity (Wildman–Crippen MR) is 89.6 cm³/mol. The molecule has 0 saturated carbocycles. The summed E-state index contributed by atoms with van der Waals surface area (Å²) in [4.78, 5) is 11.9. The number of amides is 1. The Morgan fingerprint density at radius 2 is 2.24 bits per heavy atom. The fraction of sp³-hybridized carbons (Fsp3) is 0.286. The van der Waals surface area contributed by atoms with E-state index in [0.29, 0.717) is 18.9 Å². The molecule has 7 heteroatoms. The topological polar surface area (TPSA) is 72.9 Å². The number of nitrogens with two attached hydrogens (primary N) is 1. The van der Waals surface area contributed by atoms with Crippen LogP contribution in [0.15, 0.2) is 41.0 Å². The van der Waals surface area contributed by atoms with Crippen LogP contribution in [-0.2, 0) is 11.3 Å². The van der Waals surface area contributed by atoms with E-state index in [9.17, 15) is 4.79 Å². The number of nitrogens with one attached hydrogen (secondary N) is 1. The zero-order chi connectivity index (χ0) is 14.5. The highest BCUT2D eigenvalue weighted by Crippen LogP contribution is 2.15. The number of carbonyl (C=O) groups excluding carboxylic acids is 1. The van der Waals surface area contributed by atoms with Crippen molar-refractivity contribution in [1.29, 1.82) is 0 Å². The number of benzene rings is 1. The smallest absolute Gasteiger partial charge is 0.229 e. The Morgan fingerprint density at radius 1 is 1.48 bits per heavy atom. The van der Waals surface area contributed by atoms with E-state index in [1.165, 1.54) is 0 Å². The van der Waals surface area contributed by atoms with Crippen LogP contribution >= 0.6 is 28.3 Å². The van der Waals surface area contributed by atoms with Gasteiger partial charge in [0.25, 0.3) is 0 Å². The molecule has 1 aromatic carbocycles. The second-order valence-corrected chi connectivity index (χ2v) is 5.55. The van der Waals surface area contributed by atoms with Gasteiger partial charge in [0.15, 0.2) is 0 Å². The minimum atomic E-state index is -0.218. The van der Waals surface area contributed by atoms with Crippen molar-refractivity contribution in [3.8, 4) is 0 Å². The molecule has 3 N–H and O–H groups in total. The number of halogens is 2. The van der Waals surface area contributed by atoms with Gasteiger partial charge in [-0.3, -0.25) is 4.79 Å². The number of nitrogens with zero attached hydrogens (tertiary/aromatic N) is 2. The van der Waals surface area contributed by atoms with E-state index < -0.39 is 0 Å². The quantitative estimate of drug-likeness (QED) is 0.846. The third-order valence-corrected chi connectivity index (χ3v) is 3.48. The van der Waals surface area contributed by atoms with Gasteiger partial charge in [-0.1, -0.05) is 35.0 Å². The van der Waals surface area contributed by atoms with Crippen LogP contribution in [0.5, 0.6) is 0 Å². The summed E-state index contributed by atoms with van der Waals surface area (Å²) in [6.07, 6.45) is 1.67. The Balaban J connectivity index is 0.00000220. The van der Waals surface area contributed by atoms with E-state index in [2.05, 4.69) is 26.3 Å². The normalized spacial score (nSPS) is 11.6. The van der Waals surface area contributed by atoms with Crippen LogP contribution in [0.1, 0.15) is 12.5 Å². The molecular formula is C14H18BrClN4O. The minimum absolute atomic E-state index is 0. The average molecular weight is 374 g/mol. The molecule has 1 aromatic heterocycles. The van der Waals surface area contributed by atoms with Crippen molar-refractivity contribution in [2.75, 3.05) is 11.9 Å². The molecular weight excluding hydrogens is 356 g/mol. The van der Waals surface area contributed by atoms with Gasteiger partial charge in [-0.15, -0.1) is 12.4 Å². The molecule has 0 bridgehead atoms. The van der Waals surface area contributed by atoms with Crippen LogP contribution < -0.4 is 11.1 Å².